The predicted octanol–water partition coefficient (Wildman–Crippen LogP) is 3.94. The van der Waals surface area contributed by atoms with Gasteiger partial charge in [0.05, 0.1) is 18.2 Å². The largest absolute Gasteiger partial charge is 0.464 e. The SMILES string of the molecule is CCOC(=O)c1ccc(NC(C)c2ccc(C)o2)cc1. The maximum atomic E-state index is 11.5. The Kier molecular flexibility index (Phi) is 4.45. The van der Waals surface area contributed by atoms with Gasteiger partial charge in [-0.3, -0.25) is 0 Å². The molecule has 4 heteroatoms. The van der Waals surface area contributed by atoms with Crippen LogP contribution in [0.4, 0.5) is 5.69 Å². The van der Waals surface area contributed by atoms with Crippen LogP contribution in [-0.2, 0) is 4.74 Å². The van der Waals surface area contributed by atoms with Crippen molar-refractivity contribution in [3.8, 4) is 0 Å². The molecule has 1 aromatic carbocycles. The molecule has 0 amide bonds. The number of furan rings is 1. The lowest BCUT2D eigenvalue weighted by molar-refractivity contribution is 0.0526. The van der Waals surface area contributed by atoms with Gasteiger partial charge in [0.25, 0.3) is 0 Å². The van der Waals surface area contributed by atoms with Gasteiger partial charge in [0, 0.05) is 5.69 Å². The van der Waals surface area contributed by atoms with Gasteiger partial charge in [-0.05, 0) is 57.2 Å². The van der Waals surface area contributed by atoms with Crippen molar-refractivity contribution in [2.24, 2.45) is 0 Å². The standard InChI is InChI=1S/C16H19NO3/c1-4-19-16(18)13-6-8-14(9-7-13)17-12(3)15-10-5-11(2)20-15/h5-10,12,17H,4H2,1-3H3. The van der Waals surface area contributed by atoms with Crippen LogP contribution < -0.4 is 5.32 Å². The summed E-state index contributed by atoms with van der Waals surface area (Å²) in [6.07, 6.45) is 0. The Morgan fingerprint density at radius 1 is 1.25 bits per heavy atom. The maximum absolute atomic E-state index is 11.5. The van der Waals surface area contributed by atoms with E-state index >= 15 is 0 Å². The minimum atomic E-state index is -0.297. The van der Waals surface area contributed by atoms with Crippen LogP contribution in [0.1, 0.15) is 41.8 Å². The van der Waals surface area contributed by atoms with E-state index in [1.54, 1.807) is 19.1 Å². The van der Waals surface area contributed by atoms with Gasteiger partial charge in [-0.15, -0.1) is 0 Å². The van der Waals surface area contributed by atoms with Gasteiger partial charge in [-0.2, -0.15) is 0 Å². The number of hydrogen-bond donors (Lipinski definition) is 1. The number of nitrogens with one attached hydrogen (secondary N) is 1. The average molecular weight is 273 g/mol. The van der Waals surface area contributed by atoms with Gasteiger partial charge in [0.1, 0.15) is 11.5 Å². The molecule has 0 radical (unpaired) electrons. The normalized spacial score (nSPS) is 11.9. The highest BCUT2D eigenvalue weighted by Gasteiger charge is 2.10. The highest BCUT2D eigenvalue weighted by Crippen LogP contribution is 2.21. The molecule has 0 aliphatic heterocycles. The molecule has 0 fully saturated rings. The van der Waals surface area contributed by atoms with E-state index in [-0.39, 0.29) is 12.0 Å². The molecule has 2 rings (SSSR count). The molecule has 0 aliphatic rings. The fraction of sp³-hybridized carbons (Fsp3) is 0.312. The molecule has 1 N–H and O–H groups in total. The third-order valence-electron chi connectivity index (χ3n) is 2.97. The number of hydrogen-bond acceptors (Lipinski definition) is 4. The van der Waals surface area contributed by atoms with Crippen molar-refractivity contribution >= 4 is 11.7 Å². The Bertz CT molecular complexity index is 572. The first-order valence-corrected chi connectivity index (χ1v) is 6.70. The molecule has 1 atom stereocenters. The molecule has 1 heterocycles. The van der Waals surface area contributed by atoms with Crippen LogP contribution >= 0.6 is 0 Å². The Hall–Kier alpha value is -2.23. The first kappa shape index (κ1) is 14.2. The maximum Gasteiger partial charge on any atom is 0.338 e. The third kappa shape index (κ3) is 3.41. The molecule has 1 aromatic heterocycles. The summed E-state index contributed by atoms with van der Waals surface area (Å²) >= 11 is 0. The summed E-state index contributed by atoms with van der Waals surface area (Å²) in [5.41, 5.74) is 1.48. The van der Waals surface area contributed by atoms with Gasteiger partial charge >= 0.3 is 5.97 Å². The highest BCUT2D eigenvalue weighted by atomic mass is 16.5. The van der Waals surface area contributed by atoms with E-state index in [1.807, 2.05) is 38.1 Å². The first-order chi connectivity index (χ1) is 9.60. The van der Waals surface area contributed by atoms with Gasteiger partial charge < -0.3 is 14.5 Å². The Labute approximate surface area is 118 Å². The Morgan fingerprint density at radius 3 is 2.50 bits per heavy atom. The van der Waals surface area contributed by atoms with Crippen molar-refractivity contribution in [1.29, 1.82) is 0 Å². The van der Waals surface area contributed by atoms with Crippen LogP contribution in [0, 0.1) is 6.92 Å². The molecular weight excluding hydrogens is 254 g/mol. The molecule has 0 bridgehead atoms. The van der Waals surface area contributed by atoms with Crippen LogP contribution in [0.2, 0.25) is 0 Å². The number of anilines is 1. The Balaban J connectivity index is 2.01. The summed E-state index contributed by atoms with van der Waals surface area (Å²) in [4.78, 5) is 11.5. The van der Waals surface area contributed by atoms with Crippen LogP contribution in [0.25, 0.3) is 0 Å². The van der Waals surface area contributed by atoms with Gasteiger partial charge in [0.2, 0.25) is 0 Å². The highest BCUT2D eigenvalue weighted by molar-refractivity contribution is 5.89. The van der Waals surface area contributed by atoms with E-state index in [9.17, 15) is 4.79 Å². The minimum absolute atomic E-state index is 0.0668. The number of carbonyl (C=O) groups excluding carboxylic acids is 1. The van der Waals surface area contributed by atoms with Gasteiger partial charge in [-0.1, -0.05) is 0 Å². The predicted molar refractivity (Wildman–Crippen MR) is 77.9 cm³/mol. The molecule has 20 heavy (non-hydrogen) atoms. The number of carbonyl (C=O) groups is 1. The van der Waals surface area contributed by atoms with Crippen molar-refractivity contribution < 1.29 is 13.9 Å². The zero-order valence-electron chi connectivity index (χ0n) is 12.0. The number of esters is 1. The van der Waals surface area contributed by atoms with E-state index in [2.05, 4.69) is 5.32 Å². The zero-order chi connectivity index (χ0) is 14.5. The van der Waals surface area contributed by atoms with Crippen LogP contribution in [0.15, 0.2) is 40.8 Å². The molecule has 1 unspecified atom stereocenters. The number of aryl methyl sites for hydroxylation is 1. The molecule has 0 saturated heterocycles. The molecule has 2 aromatic rings. The van der Waals surface area contributed by atoms with E-state index in [0.717, 1.165) is 17.2 Å². The van der Waals surface area contributed by atoms with Crippen molar-refractivity contribution in [3.63, 3.8) is 0 Å². The second-order valence-electron chi connectivity index (χ2n) is 4.61. The van der Waals surface area contributed by atoms with Gasteiger partial charge in [-0.25, -0.2) is 4.79 Å². The average Bonchev–Trinajstić information content (AvgIpc) is 2.86. The van der Waals surface area contributed by atoms with Crippen molar-refractivity contribution in [1.82, 2.24) is 0 Å². The summed E-state index contributed by atoms with van der Waals surface area (Å²) in [6.45, 7) is 6.12. The smallest absolute Gasteiger partial charge is 0.338 e. The van der Waals surface area contributed by atoms with Crippen molar-refractivity contribution in [3.05, 3.63) is 53.5 Å². The van der Waals surface area contributed by atoms with Crippen LogP contribution in [0.3, 0.4) is 0 Å². The molecule has 0 aliphatic carbocycles. The van der Waals surface area contributed by atoms with Crippen LogP contribution in [-0.4, -0.2) is 12.6 Å². The monoisotopic (exact) mass is 273 g/mol. The fourth-order valence-electron chi connectivity index (χ4n) is 1.92. The number of ether oxygens (including phenoxy) is 1. The number of benzene rings is 1. The van der Waals surface area contributed by atoms with Gasteiger partial charge in [0.15, 0.2) is 0 Å². The minimum Gasteiger partial charge on any atom is -0.464 e. The second-order valence-corrected chi connectivity index (χ2v) is 4.61. The molecule has 4 nitrogen and oxygen atoms in total. The third-order valence-corrected chi connectivity index (χ3v) is 2.97. The molecule has 0 spiro atoms. The summed E-state index contributed by atoms with van der Waals surface area (Å²) in [5.74, 6) is 1.48. The lowest BCUT2D eigenvalue weighted by atomic mass is 10.2. The number of rotatable bonds is 5. The van der Waals surface area contributed by atoms with E-state index in [4.69, 9.17) is 9.15 Å². The second kappa shape index (κ2) is 6.28. The summed E-state index contributed by atoms with van der Waals surface area (Å²) in [6, 6.07) is 11.2. The lowest BCUT2D eigenvalue weighted by Gasteiger charge is -2.13. The summed E-state index contributed by atoms with van der Waals surface area (Å²) < 4.78 is 10.5. The van der Waals surface area contributed by atoms with Crippen molar-refractivity contribution in [2.45, 2.75) is 26.8 Å². The zero-order valence-corrected chi connectivity index (χ0v) is 12.0. The van der Waals surface area contributed by atoms with Crippen molar-refractivity contribution in [2.75, 3.05) is 11.9 Å². The molecular formula is C16H19NO3. The lowest BCUT2D eigenvalue weighted by Crippen LogP contribution is -2.07. The summed E-state index contributed by atoms with van der Waals surface area (Å²) in [5, 5.41) is 3.32. The van der Waals surface area contributed by atoms with E-state index in [1.165, 1.54) is 0 Å². The molecule has 0 saturated carbocycles. The van der Waals surface area contributed by atoms with E-state index < -0.39 is 0 Å². The Morgan fingerprint density at radius 2 is 1.95 bits per heavy atom. The van der Waals surface area contributed by atoms with Crippen LogP contribution in [0.5, 0.6) is 0 Å². The van der Waals surface area contributed by atoms with E-state index in [0.29, 0.717) is 12.2 Å². The topological polar surface area (TPSA) is 51.5 Å². The molecule has 106 valence electrons. The summed E-state index contributed by atoms with van der Waals surface area (Å²) in [7, 11) is 0. The first-order valence-electron chi connectivity index (χ1n) is 6.70. The fourth-order valence-corrected chi connectivity index (χ4v) is 1.92. The quantitative estimate of drug-likeness (QED) is 0.838.